The van der Waals surface area contributed by atoms with Gasteiger partial charge in [-0.3, -0.25) is 4.90 Å². The maximum Gasteiger partial charge on any atom is 0.137 e. The van der Waals surface area contributed by atoms with Crippen molar-refractivity contribution >= 4 is 15.9 Å². The summed E-state index contributed by atoms with van der Waals surface area (Å²) in [5, 5.41) is 0. The van der Waals surface area contributed by atoms with Crippen LogP contribution >= 0.6 is 15.9 Å². The van der Waals surface area contributed by atoms with Gasteiger partial charge in [0, 0.05) is 19.1 Å². The van der Waals surface area contributed by atoms with Crippen LogP contribution in [0.2, 0.25) is 0 Å². The number of nitrogens with two attached hydrogens (primary N) is 1. The van der Waals surface area contributed by atoms with Crippen LogP contribution in [0.25, 0.3) is 0 Å². The van der Waals surface area contributed by atoms with Crippen molar-refractivity contribution in [2.75, 3.05) is 19.6 Å². The average molecular weight is 329 g/mol. The summed E-state index contributed by atoms with van der Waals surface area (Å²) in [6.07, 6.45) is 3.79. The average Bonchev–Trinajstić information content (AvgIpc) is 3.19. The minimum atomic E-state index is -0.219. The molecular weight excluding hydrogens is 307 g/mol. The molecule has 2 N–H and O–H groups in total. The summed E-state index contributed by atoms with van der Waals surface area (Å²) in [5.41, 5.74) is 7.07. The van der Waals surface area contributed by atoms with Gasteiger partial charge in [-0.2, -0.15) is 0 Å². The number of hydrogen-bond acceptors (Lipinski definition) is 2. The van der Waals surface area contributed by atoms with Gasteiger partial charge in [-0.25, -0.2) is 4.39 Å². The second kappa shape index (κ2) is 6.82. The summed E-state index contributed by atoms with van der Waals surface area (Å²) >= 11 is 3.26. The lowest BCUT2D eigenvalue weighted by Gasteiger charge is -2.31. The summed E-state index contributed by atoms with van der Waals surface area (Å²) in [6.45, 7) is 4.93. The zero-order chi connectivity index (χ0) is 13.8. The molecule has 1 aliphatic carbocycles. The first-order valence-electron chi connectivity index (χ1n) is 7.04. The van der Waals surface area contributed by atoms with Crippen molar-refractivity contribution in [1.82, 2.24) is 4.90 Å². The lowest BCUT2D eigenvalue weighted by Crippen LogP contribution is -2.36. The largest absolute Gasteiger partial charge is 0.329 e. The van der Waals surface area contributed by atoms with E-state index in [4.69, 9.17) is 5.73 Å². The molecule has 106 valence electrons. The lowest BCUT2D eigenvalue weighted by molar-refractivity contribution is 0.193. The third-order valence-corrected chi connectivity index (χ3v) is 4.30. The van der Waals surface area contributed by atoms with Gasteiger partial charge in [0.05, 0.1) is 4.47 Å². The van der Waals surface area contributed by atoms with Crippen molar-refractivity contribution in [2.45, 2.75) is 32.2 Å². The molecule has 4 heteroatoms. The second-order valence-electron chi connectivity index (χ2n) is 5.36. The topological polar surface area (TPSA) is 29.3 Å². The molecule has 2 nitrogen and oxygen atoms in total. The number of rotatable bonds is 7. The number of hydrogen-bond donors (Lipinski definition) is 1. The van der Waals surface area contributed by atoms with Crippen LogP contribution in [-0.2, 0) is 0 Å². The van der Waals surface area contributed by atoms with Crippen molar-refractivity contribution in [3.63, 3.8) is 0 Å². The smallest absolute Gasteiger partial charge is 0.137 e. The summed E-state index contributed by atoms with van der Waals surface area (Å²) in [6, 6.07) is 5.43. The highest BCUT2D eigenvalue weighted by Gasteiger charge is 2.28. The normalized spacial score (nSPS) is 16.9. The van der Waals surface area contributed by atoms with Crippen molar-refractivity contribution in [1.29, 1.82) is 0 Å². The SMILES string of the molecule is CCCN(CC1CC1)C(CN)c1ccc(F)c(Br)c1. The van der Waals surface area contributed by atoms with Gasteiger partial charge in [-0.05, 0) is 65.4 Å². The van der Waals surface area contributed by atoms with Crippen LogP contribution in [0.5, 0.6) is 0 Å². The van der Waals surface area contributed by atoms with Gasteiger partial charge in [0.15, 0.2) is 0 Å². The fraction of sp³-hybridized carbons (Fsp3) is 0.600. The molecule has 0 aromatic heterocycles. The van der Waals surface area contributed by atoms with E-state index in [1.54, 1.807) is 0 Å². The molecule has 1 fully saturated rings. The Morgan fingerprint density at radius 1 is 1.47 bits per heavy atom. The highest BCUT2D eigenvalue weighted by molar-refractivity contribution is 9.10. The minimum Gasteiger partial charge on any atom is -0.329 e. The summed E-state index contributed by atoms with van der Waals surface area (Å²) < 4.78 is 13.9. The first-order valence-corrected chi connectivity index (χ1v) is 7.84. The molecule has 0 bridgehead atoms. The quantitative estimate of drug-likeness (QED) is 0.826. The van der Waals surface area contributed by atoms with Crippen molar-refractivity contribution in [2.24, 2.45) is 11.7 Å². The molecule has 1 atom stereocenters. The Kier molecular flexibility index (Phi) is 5.37. The fourth-order valence-corrected chi connectivity index (χ4v) is 2.91. The van der Waals surface area contributed by atoms with E-state index in [0.717, 1.165) is 31.0 Å². The molecule has 1 aliphatic rings. The van der Waals surface area contributed by atoms with Gasteiger partial charge in [-0.15, -0.1) is 0 Å². The van der Waals surface area contributed by atoms with Gasteiger partial charge in [0.2, 0.25) is 0 Å². The van der Waals surface area contributed by atoms with Crippen LogP contribution in [0.1, 0.15) is 37.8 Å². The molecule has 19 heavy (non-hydrogen) atoms. The molecule has 0 saturated heterocycles. The van der Waals surface area contributed by atoms with E-state index in [-0.39, 0.29) is 11.9 Å². The van der Waals surface area contributed by atoms with Gasteiger partial charge in [0.1, 0.15) is 5.82 Å². The van der Waals surface area contributed by atoms with E-state index < -0.39 is 0 Å². The molecule has 0 heterocycles. The van der Waals surface area contributed by atoms with E-state index >= 15 is 0 Å². The van der Waals surface area contributed by atoms with Crippen LogP contribution in [0.3, 0.4) is 0 Å². The molecule has 2 rings (SSSR count). The zero-order valence-corrected chi connectivity index (χ0v) is 13.0. The Morgan fingerprint density at radius 2 is 2.21 bits per heavy atom. The predicted octanol–water partition coefficient (Wildman–Crippen LogP) is 3.71. The Balaban J connectivity index is 2.16. The van der Waals surface area contributed by atoms with Crippen molar-refractivity contribution < 1.29 is 4.39 Å². The Labute approximate surface area is 123 Å². The van der Waals surface area contributed by atoms with Gasteiger partial charge in [-0.1, -0.05) is 13.0 Å². The highest BCUT2D eigenvalue weighted by atomic mass is 79.9. The van der Waals surface area contributed by atoms with Crippen LogP contribution in [0, 0.1) is 11.7 Å². The van der Waals surface area contributed by atoms with Gasteiger partial charge >= 0.3 is 0 Å². The number of halogens is 2. The summed E-state index contributed by atoms with van der Waals surface area (Å²) in [7, 11) is 0. The third-order valence-electron chi connectivity index (χ3n) is 3.69. The Bertz CT molecular complexity index is 421. The van der Waals surface area contributed by atoms with E-state index in [9.17, 15) is 4.39 Å². The molecule has 1 saturated carbocycles. The predicted molar refractivity (Wildman–Crippen MR) is 80.5 cm³/mol. The zero-order valence-electron chi connectivity index (χ0n) is 11.4. The number of benzene rings is 1. The molecule has 1 aromatic rings. The molecule has 0 spiro atoms. The van der Waals surface area contributed by atoms with E-state index in [1.807, 2.05) is 12.1 Å². The standard InChI is InChI=1S/C15H22BrFN2/c1-2-7-19(10-11-3-4-11)15(9-18)12-5-6-14(17)13(16)8-12/h5-6,8,11,15H,2-4,7,9-10,18H2,1H3. The van der Waals surface area contributed by atoms with Crippen LogP contribution in [0.4, 0.5) is 4.39 Å². The fourth-order valence-electron chi connectivity index (χ4n) is 2.51. The summed E-state index contributed by atoms with van der Waals surface area (Å²) in [5.74, 6) is 0.619. The second-order valence-corrected chi connectivity index (χ2v) is 6.22. The maximum absolute atomic E-state index is 13.3. The van der Waals surface area contributed by atoms with Gasteiger partial charge < -0.3 is 5.73 Å². The van der Waals surface area contributed by atoms with Crippen LogP contribution in [0.15, 0.2) is 22.7 Å². The van der Waals surface area contributed by atoms with Crippen molar-refractivity contribution in [3.05, 3.63) is 34.1 Å². The van der Waals surface area contributed by atoms with E-state index in [2.05, 4.69) is 27.8 Å². The molecule has 1 aromatic carbocycles. The first kappa shape index (κ1) is 14.9. The molecule has 0 aliphatic heterocycles. The Hall–Kier alpha value is -0.450. The molecular formula is C15H22BrFN2. The minimum absolute atomic E-state index is 0.192. The Morgan fingerprint density at radius 3 is 2.74 bits per heavy atom. The third kappa shape index (κ3) is 4.01. The van der Waals surface area contributed by atoms with Crippen LogP contribution in [-0.4, -0.2) is 24.5 Å². The summed E-state index contributed by atoms with van der Waals surface area (Å²) in [4.78, 5) is 2.46. The molecule has 1 unspecified atom stereocenters. The van der Waals surface area contributed by atoms with Crippen molar-refractivity contribution in [3.8, 4) is 0 Å². The monoisotopic (exact) mass is 328 g/mol. The van der Waals surface area contributed by atoms with E-state index in [1.165, 1.54) is 18.9 Å². The lowest BCUT2D eigenvalue weighted by atomic mass is 10.0. The van der Waals surface area contributed by atoms with Crippen LogP contribution < -0.4 is 5.73 Å². The van der Waals surface area contributed by atoms with E-state index in [0.29, 0.717) is 11.0 Å². The molecule has 0 radical (unpaired) electrons. The first-order chi connectivity index (χ1) is 9.15. The number of nitrogens with zero attached hydrogens (tertiary/aromatic N) is 1. The maximum atomic E-state index is 13.3. The molecule has 0 amide bonds. The van der Waals surface area contributed by atoms with Gasteiger partial charge in [0.25, 0.3) is 0 Å². The highest BCUT2D eigenvalue weighted by Crippen LogP contribution is 2.33.